The number of amides is 1. The Morgan fingerprint density at radius 3 is 2.63 bits per heavy atom. The van der Waals surface area contributed by atoms with Crippen LogP contribution in [0.3, 0.4) is 0 Å². The predicted molar refractivity (Wildman–Crippen MR) is 115 cm³/mol. The Morgan fingerprint density at radius 2 is 1.93 bits per heavy atom. The van der Waals surface area contributed by atoms with Crippen LogP contribution in [-0.2, 0) is 14.8 Å². The second kappa shape index (κ2) is 9.72. The highest BCUT2D eigenvalue weighted by atomic mass is 32.2. The van der Waals surface area contributed by atoms with Crippen LogP contribution in [0.5, 0.6) is 0 Å². The molecule has 1 aliphatic rings. The number of fused-ring (bicyclic) bond motifs is 1. The van der Waals surface area contributed by atoms with E-state index in [4.69, 9.17) is 4.74 Å². The summed E-state index contributed by atoms with van der Waals surface area (Å²) in [5, 5.41) is 3.19. The molecule has 0 atom stereocenters. The fraction of sp³-hybridized carbons (Fsp3) is 0.524. The third-order valence-electron chi connectivity index (χ3n) is 5.07. The average molecular weight is 436 g/mol. The summed E-state index contributed by atoms with van der Waals surface area (Å²) in [7, 11) is -3.65. The van der Waals surface area contributed by atoms with Crippen molar-refractivity contribution in [3.05, 3.63) is 40.2 Å². The highest BCUT2D eigenvalue weighted by molar-refractivity contribution is 7.89. The van der Waals surface area contributed by atoms with Crippen LogP contribution in [0.25, 0.3) is 10.9 Å². The topological polar surface area (TPSA) is 109 Å². The Labute approximate surface area is 176 Å². The zero-order valence-corrected chi connectivity index (χ0v) is 18.3. The molecule has 0 aliphatic carbocycles. The summed E-state index contributed by atoms with van der Waals surface area (Å²) in [4.78, 5) is 27.5. The molecule has 0 saturated carbocycles. The minimum absolute atomic E-state index is 0.123. The zero-order chi connectivity index (χ0) is 21.7. The molecule has 0 bridgehead atoms. The molecule has 1 saturated heterocycles. The summed E-state index contributed by atoms with van der Waals surface area (Å²) in [6.07, 6.45) is 3.47. The summed E-state index contributed by atoms with van der Waals surface area (Å²) in [5.41, 5.74) is 0.171. The molecule has 0 radical (unpaired) electrons. The van der Waals surface area contributed by atoms with E-state index < -0.39 is 21.5 Å². The van der Waals surface area contributed by atoms with Gasteiger partial charge in [0.25, 0.3) is 5.91 Å². The minimum atomic E-state index is -3.65. The summed E-state index contributed by atoms with van der Waals surface area (Å²) in [6, 6.07) is 5.71. The first-order chi connectivity index (χ1) is 14.3. The molecule has 2 aromatic rings. The lowest BCUT2D eigenvalue weighted by atomic mass is 10.1. The molecule has 1 amide bonds. The van der Waals surface area contributed by atoms with Gasteiger partial charge in [0, 0.05) is 43.2 Å². The van der Waals surface area contributed by atoms with Crippen LogP contribution in [0, 0.1) is 0 Å². The Morgan fingerprint density at radius 1 is 1.20 bits per heavy atom. The van der Waals surface area contributed by atoms with Crippen molar-refractivity contribution < 1.29 is 17.9 Å². The number of piperidine rings is 1. The van der Waals surface area contributed by atoms with Gasteiger partial charge in [0.2, 0.25) is 15.6 Å². The van der Waals surface area contributed by atoms with Gasteiger partial charge in [-0.1, -0.05) is 6.42 Å². The molecule has 2 heterocycles. The summed E-state index contributed by atoms with van der Waals surface area (Å²) < 4.78 is 33.0. The maximum Gasteiger partial charge on any atom is 0.252 e. The second-order valence-electron chi connectivity index (χ2n) is 7.75. The number of sulfonamides is 1. The van der Waals surface area contributed by atoms with Crippen LogP contribution in [0.2, 0.25) is 0 Å². The number of hydrogen-bond acceptors (Lipinski definition) is 5. The number of carbonyl (C=O) groups is 1. The molecule has 0 spiro atoms. The third-order valence-corrected chi connectivity index (χ3v) is 6.96. The van der Waals surface area contributed by atoms with E-state index in [1.165, 1.54) is 22.5 Å². The molecule has 0 unspecified atom stereocenters. The van der Waals surface area contributed by atoms with Gasteiger partial charge in [0.15, 0.2) is 0 Å². The first kappa shape index (κ1) is 22.5. The lowest BCUT2D eigenvalue weighted by Crippen LogP contribution is -2.35. The molecule has 1 aromatic carbocycles. The van der Waals surface area contributed by atoms with E-state index in [0.29, 0.717) is 43.6 Å². The number of H-pyrrole nitrogens is 1. The van der Waals surface area contributed by atoms with Crippen molar-refractivity contribution in [2.75, 3.05) is 26.2 Å². The molecular weight excluding hydrogens is 406 g/mol. The molecule has 2 N–H and O–H groups in total. The van der Waals surface area contributed by atoms with Crippen molar-refractivity contribution in [1.29, 1.82) is 0 Å². The average Bonchev–Trinajstić information content (AvgIpc) is 2.72. The molecular formula is C21H29N3O5S. The number of nitrogens with zero attached hydrogens (tertiary/aromatic N) is 1. The van der Waals surface area contributed by atoms with Crippen LogP contribution in [0.15, 0.2) is 34.0 Å². The number of hydrogen-bond donors (Lipinski definition) is 2. The Hall–Kier alpha value is -2.23. The summed E-state index contributed by atoms with van der Waals surface area (Å²) in [6.45, 7) is 5.79. The fourth-order valence-corrected chi connectivity index (χ4v) is 5.07. The van der Waals surface area contributed by atoms with Crippen LogP contribution in [0.4, 0.5) is 0 Å². The van der Waals surface area contributed by atoms with E-state index in [1.807, 2.05) is 13.8 Å². The largest absolute Gasteiger partial charge is 0.379 e. The van der Waals surface area contributed by atoms with Gasteiger partial charge >= 0.3 is 0 Å². The highest BCUT2D eigenvalue weighted by Crippen LogP contribution is 2.25. The quantitative estimate of drug-likeness (QED) is 0.618. The summed E-state index contributed by atoms with van der Waals surface area (Å²) in [5.74, 6) is -0.414. The number of benzene rings is 1. The van der Waals surface area contributed by atoms with E-state index >= 15 is 0 Å². The normalized spacial score (nSPS) is 15.6. The standard InChI is InChI=1S/C21H29N3O5S/c1-15(2)29-12-6-9-22-21(26)18-14-20(25)23-19-8-7-16(13-17(18)19)30(27,28)24-10-4-3-5-11-24/h7-8,13-15H,3-6,9-12H2,1-2H3,(H,22,26)(H,23,25). The van der Waals surface area contributed by atoms with Gasteiger partial charge in [0.1, 0.15) is 0 Å². The number of aromatic nitrogens is 1. The zero-order valence-electron chi connectivity index (χ0n) is 17.4. The number of carbonyl (C=O) groups excluding carboxylic acids is 1. The summed E-state index contributed by atoms with van der Waals surface area (Å²) >= 11 is 0. The van der Waals surface area contributed by atoms with Gasteiger partial charge in [-0.2, -0.15) is 4.31 Å². The monoisotopic (exact) mass is 435 g/mol. The second-order valence-corrected chi connectivity index (χ2v) is 9.69. The van der Waals surface area contributed by atoms with Crippen LogP contribution in [-0.4, -0.2) is 56.0 Å². The molecule has 3 rings (SSSR count). The van der Waals surface area contributed by atoms with Crippen molar-refractivity contribution in [3.63, 3.8) is 0 Å². The molecule has 1 fully saturated rings. The lowest BCUT2D eigenvalue weighted by Gasteiger charge is -2.26. The molecule has 30 heavy (non-hydrogen) atoms. The first-order valence-electron chi connectivity index (χ1n) is 10.4. The van der Waals surface area contributed by atoms with E-state index in [2.05, 4.69) is 10.3 Å². The number of pyridine rings is 1. The molecule has 164 valence electrons. The molecule has 1 aromatic heterocycles. The van der Waals surface area contributed by atoms with Gasteiger partial charge in [-0.3, -0.25) is 9.59 Å². The smallest absolute Gasteiger partial charge is 0.252 e. The van der Waals surface area contributed by atoms with Gasteiger partial charge < -0.3 is 15.0 Å². The Bertz CT molecular complexity index is 1060. The van der Waals surface area contributed by atoms with Crippen molar-refractivity contribution >= 4 is 26.8 Å². The Kier molecular flexibility index (Phi) is 7.27. The molecule has 1 aliphatic heterocycles. The Balaban J connectivity index is 1.86. The van der Waals surface area contributed by atoms with Gasteiger partial charge in [0.05, 0.1) is 16.6 Å². The van der Waals surface area contributed by atoms with Crippen molar-refractivity contribution in [1.82, 2.24) is 14.6 Å². The maximum atomic E-state index is 13.0. The minimum Gasteiger partial charge on any atom is -0.379 e. The predicted octanol–water partition coefficient (Wildman–Crippen LogP) is 2.25. The van der Waals surface area contributed by atoms with Crippen molar-refractivity contribution in [3.8, 4) is 0 Å². The van der Waals surface area contributed by atoms with Gasteiger partial charge in [-0.15, -0.1) is 0 Å². The number of ether oxygens (including phenoxy) is 1. The van der Waals surface area contributed by atoms with Crippen LogP contribution in [0.1, 0.15) is 49.9 Å². The van der Waals surface area contributed by atoms with E-state index in [9.17, 15) is 18.0 Å². The fourth-order valence-electron chi connectivity index (χ4n) is 3.52. The first-order valence-corrected chi connectivity index (χ1v) is 11.8. The number of aromatic amines is 1. The van der Waals surface area contributed by atoms with E-state index in [1.54, 1.807) is 6.07 Å². The van der Waals surface area contributed by atoms with Gasteiger partial charge in [-0.25, -0.2) is 8.42 Å². The molecule has 8 nitrogen and oxygen atoms in total. The maximum absolute atomic E-state index is 13.0. The third kappa shape index (κ3) is 5.27. The van der Waals surface area contributed by atoms with Crippen molar-refractivity contribution in [2.45, 2.75) is 50.5 Å². The lowest BCUT2D eigenvalue weighted by molar-refractivity contribution is 0.0757. The van der Waals surface area contributed by atoms with Crippen LogP contribution < -0.4 is 10.9 Å². The molecule has 9 heteroatoms. The highest BCUT2D eigenvalue weighted by Gasteiger charge is 2.26. The van der Waals surface area contributed by atoms with E-state index in [0.717, 1.165) is 19.3 Å². The number of nitrogens with one attached hydrogen (secondary N) is 2. The number of rotatable bonds is 8. The van der Waals surface area contributed by atoms with E-state index in [-0.39, 0.29) is 16.6 Å². The van der Waals surface area contributed by atoms with Crippen LogP contribution >= 0.6 is 0 Å². The van der Waals surface area contributed by atoms with Crippen molar-refractivity contribution in [2.24, 2.45) is 0 Å². The van der Waals surface area contributed by atoms with Gasteiger partial charge in [-0.05, 0) is 51.3 Å². The SMILES string of the molecule is CC(C)OCCCNC(=O)c1cc(=O)[nH]c2ccc(S(=O)(=O)N3CCCCC3)cc12.